The summed E-state index contributed by atoms with van der Waals surface area (Å²) in [5.41, 5.74) is 1.04. The average molecular weight is 485 g/mol. The largest absolute Gasteiger partial charge is 0.493 e. The Bertz CT molecular complexity index is 1010. The van der Waals surface area contributed by atoms with E-state index < -0.39 is 15.9 Å². The minimum absolute atomic E-state index is 0.0100. The summed E-state index contributed by atoms with van der Waals surface area (Å²) in [6.45, 7) is 3.40. The van der Waals surface area contributed by atoms with E-state index in [4.69, 9.17) is 25.8 Å². The zero-order chi connectivity index (χ0) is 23.7. The van der Waals surface area contributed by atoms with Crippen LogP contribution in [0.2, 0.25) is 5.02 Å². The first kappa shape index (κ1) is 25.8. The summed E-state index contributed by atoms with van der Waals surface area (Å²) >= 11 is 5.95. The van der Waals surface area contributed by atoms with Gasteiger partial charge in [0.25, 0.3) is 5.91 Å². The standard InChI is InChI=1S/C22H29ClN2O6S/c1-5-31-12-6-11-24-22(26)18-13-20(29-2)21(30-3)14-19(18)25(32(4,27)28)15-16-7-9-17(23)10-8-16/h7-10,13-14H,5-6,11-12,15H2,1-4H3,(H,24,26). The molecule has 0 spiro atoms. The van der Waals surface area contributed by atoms with Gasteiger partial charge in [-0.25, -0.2) is 8.42 Å². The maximum atomic E-state index is 13.0. The number of methoxy groups -OCH3 is 2. The molecule has 0 unspecified atom stereocenters. The molecule has 10 heteroatoms. The number of halogens is 1. The molecular formula is C22H29ClN2O6S. The second-order valence-electron chi connectivity index (χ2n) is 6.93. The maximum absolute atomic E-state index is 13.0. The second kappa shape index (κ2) is 11.9. The van der Waals surface area contributed by atoms with E-state index in [-0.39, 0.29) is 17.8 Å². The SMILES string of the molecule is CCOCCCNC(=O)c1cc(OC)c(OC)cc1N(Cc1ccc(Cl)cc1)S(C)(=O)=O. The topological polar surface area (TPSA) is 94.2 Å². The van der Waals surface area contributed by atoms with Crippen LogP contribution < -0.4 is 19.1 Å². The average Bonchev–Trinajstić information content (AvgIpc) is 2.76. The Kier molecular flexibility index (Phi) is 9.61. The summed E-state index contributed by atoms with van der Waals surface area (Å²) in [4.78, 5) is 13.0. The van der Waals surface area contributed by atoms with Crippen LogP contribution in [0.5, 0.6) is 11.5 Å². The Hall–Kier alpha value is -2.49. The number of benzene rings is 2. The molecule has 0 radical (unpaired) electrons. The summed E-state index contributed by atoms with van der Waals surface area (Å²) in [5, 5.41) is 3.35. The van der Waals surface area contributed by atoms with Gasteiger partial charge < -0.3 is 19.5 Å². The summed E-state index contributed by atoms with van der Waals surface area (Å²) in [7, 11) is -0.864. The lowest BCUT2D eigenvalue weighted by Crippen LogP contribution is -2.33. The lowest BCUT2D eigenvalue weighted by Gasteiger charge is -2.26. The molecule has 0 bridgehead atoms. The zero-order valence-electron chi connectivity index (χ0n) is 18.7. The third-order valence-corrected chi connectivity index (χ3v) is 5.99. The molecule has 1 amide bonds. The molecular weight excluding hydrogens is 456 g/mol. The van der Waals surface area contributed by atoms with E-state index in [1.165, 1.54) is 26.4 Å². The van der Waals surface area contributed by atoms with Gasteiger partial charge in [-0.2, -0.15) is 0 Å². The normalized spacial score (nSPS) is 11.2. The molecule has 2 aromatic carbocycles. The Morgan fingerprint density at radius 1 is 1.09 bits per heavy atom. The Morgan fingerprint density at radius 2 is 1.72 bits per heavy atom. The molecule has 0 fully saturated rings. The smallest absolute Gasteiger partial charge is 0.253 e. The lowest BCUT2D eigenvalue weighted by atomic mass is 10.1. The fourth-order valence-electron chi connectivity index (χ4n) is 3.01. The van der Waals surface area contributed by atoms with Crippen LogP contribution in [0.4, 0.5) is 5.69 Å². The van der Waals surface area contributed by atoms with Gasteiger partial charge in [-0.05, 0) is 37.1 Å². The molecule has 0 atom stereocenters. The van der Waals surface area contributed by atoms with E-state index in [9.17, 15) is 13.2 Å². The summed E-state index contributed by atoms with van der Waals surface area (Å²) in [6, 6.07) is 9.79. The zero-order valence-corrected chi connectivity index (χ0v) is 20.3. The van der Waals surface area contributed by atoms with Crippen molar-refractivity contribution >= 4 is 33.2 Å². The Labute approximate surface area is 194 Å². The number of hydrogen-bond acceptors (Lipinski definition) is 6. The van der Waals surface area contributed by atoms with E-state index in [0.29, 0.717) is 48.3 Å². The van der Waals surface area contributed by atoms with Gasteiger partial charge in [-0.15, -0.1) is 0 Å². The van der Waals surface area contributed by atoms with Crippen molar-refractivity contribution in [3.8, 4) is 11.5 Å². The second-order valence-corrected chi connectivity index (χ2v) is 9.27. The predicted molar refractivity (Wildman–Crippen MR) is 125 cm³/mol. The number of ether oxygens (including phenoxy) is 3. The number of nitrogens with one attached hydrogen (secondary N) is 1. The summed E-state index contributed by atoms with van der Waals surface area (Å²) in [6.07, 6.45) is 1.71. The number of hydrogen-bond donors (Lipinski definition) is 1. The first-order valence-corrected chi connectivity index (χ1v) is 12.3. The molecule has 176 valence electrons. The van der Waals surface area contributed by atoms with E-state index in [0.717, 1.165) is 10.6 Å². The number of amides is 1. The molecule has 0 saturated carbocycles. The van der Waals surface area contributed by atoms with E-state index in [2.05, 4.69) is 5.32 Å². The van der Waals surface area contributed by atoms with Crippen molar-refractivity contribution in [1.29, 1.82) is 0 Å². The van der Waals surface area contributed by atoms with Crippen molar-refractivity contribution in [2.75, 3.05) is 44.5 Å². The molecule has 2 aromatic rings. The number of rotatable bonds is 12. The number of anilines is 1. The fraction of sp³-hybridized carbons (Fsp3) is 0.409. The Balaban J connectivity index is 2.48. The third-order valence-electron chi connectivity index (χ3n) is 4.61. The minimum atomic E-state index is -3.76. The van der Waals surface area contributed by atoms with Gasteiger partial charge in [0.15, 0.2) is 11.5 Å². The van der Waals surface area contributed by atoms with Gasteiger partial charge in [0.05, 0.1) is 38.3 Å². The van der Waals surface area contributed by atoms with Crippen molar-refractivity contribution in [2.45, 2.75) is 19.9 Å². The first-order valence-electron chi connectivity index (χ1n) is 10.0. The summed E-state index contributed by atoms with van der Waals surface area (Å²) in [5.74, 6) is 0.193. The molecule has 0 heterocycles. The molecule has 0 aliphatic rings. The molecule has 32 heavy (non-hydrogen) atoms. The molecule has 0 aromatic heterocycles. The minimum Gasteiger partial charge on any atom is -0.493 e. The number of sulfonamides is 1. The van der Waals surface area contributed by atoms with Crippen molar-refractivity contribution in [1.82, 2.24) is 5.32 Å². The van der Waals surface area contributed by atoms with Gasteiger partial charge >= 0.3 is 0 Å². The van der Waals surface area contributed by atoms with E-state index >= 15 is 0 Å². The van der Waals surface area contributed by atoms with Crippen molar-refractivity contribution in [2.24, 2.45) is 0 Å². The van der Waals surface area contributed by atoms with E-state index in [1.807, 2.05) is 6.92 Å². The monoisotopic (exact) mass is 484 g/mol. The van der Waals surface area contributed by atoms with Crippen LogP contribution in [-0.2, 0) is 21.3 Å². The van der Waals surface area contributed by atoms with E-state index in [1.54, 1.807) is 24.3 Å². The van der Waals surface area contributed by atoms with Crippen molar-refractivity contribution in [3.05, 3.63) is 52.5 Å². The van der Waals surface area contributed by atoms with Crippen LogP contribution in [0.3, 0.4) is 0 Å². The van der Waals surface area contributed by atoms with Crippen LogP contribution in [0.1, 0.15) is 29.3 Å². The highest BCUT2D eigenvalue weighted by Gasteiger charge is 2.26. The maximum Gasteiger partial charge on any atom is 0.253 e. The highest BCUT2D eigenvalue weighted by Crippen LogP contribution is 2.37. The van der Waals surface area contributed by atoms with Gasteiger partial charge in [0, 0.05) is 30.8 Å². The molecule has 2 rings (SSSR count). The lowest BCUT2D eigenvalue weighted by molar-refractivity contribution is 0.0944. The van der Waals surface area contributed by atoms with Crippen LogP contribution >= 0.6 is 11.6 Å². The predicted octanol–water partition coefficient (Wildman–Crippen LogP) is 3.48. The fourth-order valence-corrected chi connectivity index (χ4v) is 4.03. The molecule has 0 aliphatic heterocycles. The van der Waals surface area contributed by atoms with Crippen molar-refractivity contribution in [3.63, 3.8) is 0 Å². The van der Waals surface area contributed by atoms with Crippen LogP contribution in [-0.4, -0.2) is 54.6 Å². The van der Waals surface area contributed by atoms with Gasteiger partial charge in [-0.3, -0.25) is 9.10 Å². The van der Waals surface area contributed by atoms with Crippen molar-refractivity contribution < 1.29 is 27.4 Å². The first-order chi connectivity index (χ1) is 15.2. The molecule has 0 aliphatic carbocycles. The highest BCUT2D eigenvalue weighted by molar-refractivity contribution is 7.92. The summed E-state index contributed by atoms with van der Waals surface area (Å²) < 4.78 is 42.6. The number of nitrogens with zero attached hydrogens (tertiary/aromatic N) is 1. The highest BCUT2D eigenvalue weighted by atomic mass is 35.5. The van der Waals surface area contributed by atoms with Gasteiger partial charge in [-0.1, -0.05) is 23.7 Å². The van der Waals surface area contributed by atoms with Gasteiger partial charge in [0.1, 0.15) is 0 Å². The molecule has 8 nitrogen and oxygen atoms in total. The Morgan fingerprint density at radius 3 is 2.28 bits per heavy atom. The van der Waals surface area contributed by atoms with Gasteiger partial charge in [0.2, 0.25) is 10.0 Å². The van der Waals surface area contributed by atoms with Crippen LogP contribution in [0.15, 0.2) is 36.4 Å². The molecule has 1 N–H and O–H groups in total. The molecule has 0 saturated heterocycles. The number of carbonyl (C=O) groups excluding carboxylic acids is 1. The quantitative estimate of drug-likeness (QED) is 0.463. The van der Waals surface area contributed by atoms with Crippen LogP contribution in [0.25, 0.3) is 0 Å². The number of carbonyl (C=O) groups is 1. The third kappa shape index (κ3) is 7.01. The van der Waals surface area contributed by atoms with Crippen LogP contribution in [0, 0.1) is 0 Å².